The highest BCUT2D eigenvalue weighted by atomic mass is 16.2. The van der Waals surface area contributed by atoms with Gasteiger partial charge < -0.3 is 0 Å². The van der Waals surface area contributed by atoms with E-state index < -0.39 is 17.7 Å². The second-order valence-corrected chi connectivity index (χ2v) is 4.06. The van der Waals surface area contributed by atoms with E-state index in [0.29, 0.717) is 6.42 Å². The number of piperidine rings is 1. The maximum absolute atomic E-state index is 11.9. The van der Waals surface area contributed by atoms with Gasteiger partial charge >= 0.3 is 0 Å². The Bertz CT molecular complexity index is 453. The second kappa shape index (κ2) is 4.91. The molecule has 0 bridgehead atoms. The molecular weight excluding hydrogens is 218 g/mol. The van der Waals surface area contributed by atoms with Crippen LogP contribution in [0.5, 0.6) is 0 Å². The van der Waals surface area contributed by atoms with Crippen LogP contribution in [0.15, 0.2) is 30.3 Å². The van der Waals surface area contributed by atoms with Crippen LogP contribution in [0.3, 0.4) is 0 Å². The van der Waals surface area contributed by atoms with Gasteiger partial charge in [-0.2, -0.15) is 5.32 Å². The average Bonchev–Trinajstić information content (AvgIpc) is 2.30. The molecule has 1 radical (unpaired) electrons. The van der Waals surface area contributed by atoms with Crippen LogP contribution in [-0.2, 0) is 20.8 Å². The average molecular weight is 230 g/mol. The molecule has 1 fully saturated rings. The largest absolute Gasteiger partial charge is 0.298 e. The molecule has 1 aliphatic heterocycles. The maximum atomic E-state index is 11.9. The molecule has 0 saturated carbocycles. The molecule has 2 amide bonds. The lowest BCUT2D eigenvalue weighted by Crippen LogP contribution is -2.39. The van der Waals surface area contributed by atoms with E-state index in [1.165, 1.54) is 0 Å². The molecule has 0 aliphatic carbocycles. The van der Waals surface area contributed by atoms with Crippen LogP contribution >= 0.6 is 0 Å². The van der Waals surface area contributed by atoms with Crippen LogP contribution in [-0.4, -0.2) is 17.6 Å². The van der Waals surface area contributed by atoms with Gasteiger partial charge in [0.25, 0.3) is 5.91 Å². The summed E-state index contributed by atoms with van der Waals surface area (Å²) < 4.78 is 0. The van der Waals surface area contributed by atoms with Crippen molar-refractivity contribution < 1.29 is 14.4 Å². The zero-order chi connectivity index (χ0) is 12.3. The highest BCUT2D eigenvalue weighted by Crippen LogP contribution is 2.16. The second-order valence-electron chi connectivity index (χ2n) is 4.06. The van der Waals surface area contributed by atoms with E-state index in [0.717, 1.165) is 5.56 Å². The molecule has 1 heterocycles. The van der Waals surface area contributed by atoms with Crippen LogP contribution in [0, 0.1) is 5.92 Å². The third-order valence-corrected chi connectivity index (χ3v) is 2.79. The monoisotopic (exact) mass is 230 g/mol. The molecule has 1 unspecified atom stereocenters. The Labute approximate surface area is 99.0 Å². The van der Waals surface area contributed by atoms with Gasteiger partial charge in [-0.05, 0) is 12.0 Å². The lowest BCUT2D eigenvalue weighted by Gasteiger charge is -2.17. The summed E-state index contributed by atoms with van der Waals surface area (Å²) in [5, 5.41) is 3.33. The van der Waals surface area contributed by atoms with E-state index in [1.807, 2.05) is 30.3 Å². The molecule has 0 spiro atoms. The van der Waals surface area contributed by atoms with Crippen molar-refractivity contribution >= 4 is 17.6 Å². The predicted molar refractivity (Wildman–Crippen MR) is 60.0 cm³/mol. The van der Waals surface area contributed by atoms with Gasteiger partial charge in [-0.25, -0.2) is 0 Å². The van der Waals surface area contributed by atoms with Crippen LogP contribution in [0.4, 0.5) is 0 Å². The Morgan fingerprint density at radius 3 is 2.59 bits per heavy atom. The van der Waals surface area contributed by atoms with Crippen molar-refractivity contribution in [1.82, 2.24) is 5.32 Å². The van der Waals surface area contributed by atoms with Gasteiger partial charge in [0.1, 0.15) is 5.78 Å². The molecule has 4 nitrogen and oxygen atoms in total. The summed E-state index contributed by atoms with van der Waals surface area (Å²) in [6.45, 7) is 0. The quantitative estimate of drug-likeness (QED) is 0.571. The normalized spacial score (nSPS) is 19.9. The highest BCUT2D eigenvalue weighted by Gasteiger charge is 2.33. The first-order chi connectivity index (χ1) is 8.16. The minimum Gasteiger partial charge on any atom is -0.298 e. The van der Waals surface area contributed by atoms with Gasteiger partial charge in [0.05, 0.1) is 5.92 Å². The number of Topliss-reactive ketones (excluding diaryl/α,β-unsaturated/α-hetero) is 1. The standard InChI is InChI=1S/C13H12NO3/c15-11(8-9-4-2-1-3-5-9)10-6-7-12(16)14-13(10)17/h1-5,10H,6-8H2. The number of carbonyl (C=O) groups excluding carboxylic acids is 3. The zero-order valence-electron chi connectivity index (χ0n) is 9.26. The van der Waals surface area contributed by atoms with E-state index in [2.05, 4.69) is 5.32 Å². The van der Waals surface area contributed by atoms with Gasteiger partial charge in [-0.3, -0.25) is 14.4 Å². The number of nitrogens with zero attached hydrogens (tertiary/aromatic N) is 1. The summed E-state index contributed by atoms with van der Waals surface area (Å²) in [6.07, 6.45) is 0.713. The Balaban J connectivity index is 2.01. The number of ketones is 1. The zero-order valence-corrected chi connectivity index (χ0v) is 9.26. The molecular formula is C13H12NO3. The van der Waals surface area contributed by atoms with Crippen molar-refractivity contribution in [1.29, 1.82) is 0 Å². The molecule has 2 rings (SSSR count). The molecule has 1 aromatic carbocycles. The number of carbonyl (C=O) groups is 3. The molecule has 87 valence electrons. The van der Waals surface area contributed by atoms with Gasteiger partial charge in [0, 0.05) is 12.8 Å². The van der Waals surface area contributed by atoms with Gasteiger partial charge in [-0.15, -0.1) is 0 Å². The molecule has 4 heteroatoms. The number of benzene rings is 1. The summed E-state index contributed by atoms with van der Waals surface area (Å²) in [6, 6.07) is 9.24. The predicted octanol–water partition coefficient (Wildman–Crippen LogP) is 0.866. The molecule has 0 aromatic heterocycles. The van der Waals surface area contributed by atoms with Crippen molar-refractivity contribution in [2.24, 2.45) is 5.92 Å². The summed E-state index contributed by atoms with van der Waals surface area (Å²) >= 11 is 0. The van der Waals surface area contributed by atoms with Crippen molar-refractivity contribution in [3.05, 3.63) is 35.9 Å². The lowest BCUT2D eigenvalue weighted by molar-refractivity contribution is -0.140. The minimum atomic E-state index is -0.729. The summed E-state index contributed by atoms with van der Waals surface area (Å²) in [5.74, 6) is -1.88. The number of hydrogen-bond acceptors (Lipinski definition) is 3. The third kappa shape index (κ3) is 2.78. The highest BCUT2D eigenvalue weighted by molar-refractivity contribution is 6.09. The van der Waals surface area contributed by atoms with E-state index in [-0.39, 0.29) is 18.6 Å². The first kappa shape index (κ1) is 11.5. The molecule has 0 N–H and O–H groups in total. The van der Waals surface area contributed by atoms with E-state index in [9.17, 15) is 14.4 Å². The van der Waals surface area contributed by atoms with Gasteiger partial charge in [0.2, 0.25) is 5.91 Å². The lowest BCUT2D eigenvalue weighted by atomic mass is 9.90. The SMILES string of the molecule is O=C1CCC(C(=O)Cc2ccccc2)C(=O)[N]1. The fourth-order valence-electron chi connectivity index (χ4n) is 1.87. The fraction of sp³-hybridized carbons (Fsp3) is 0.308. The Morgan fingerprint density at radius 2 is 1.94 bits per heavy atom. The van der Waals surface area contributed by atoms with Crippen LogP contribution in [0.2, 0.25) is 0 Å². The van der Waals surface area contributed by atoms with Crippen LogP contribution < -0.4 is 5.32 Å². The number of amides is 2. The fourth-order valence-corrected chi connectivity index (χ4v) is 1.87. The molecule has 17 heavy (non-hydrogen) atoms. The third-order valence-electron chi connectivity index (χ3n) is 2.79. The van der Waals surface area contributed by atoms with Gasteiger partial charge in [-0.1, -0.05) is 30.3 Å². The summed E-state index contributed by atoms with van der Waals surface area (Å²) in [4.78, 5) is 34.2. The van der Waals surface area contributed by atoms with E-state index in [1.54, 1.807) is 0 Å². The van der Waals surface area contributed by atoms with Crippen molar-refractivity contribution in [3.8, 4) is 0 Å². The Hall–Kier alpha value is -1.97. The molecule has 1 saturated heterocycles. The van der Waals surface area contributed by atoms with Crippen molar-refractivity contribution in [3.63, 3.8) is 0 Å². The van der Waals surface area contributed by atoms with Crippen molar-refractivity contribution in [2.45, 2.75) is 19.3 Å². The maximum Gasteiger partial charge on any atom is 0.259 e. The number of hydrogen-bond donors (Lipinski definition) is 0. The molecule has 1 aromatic rings. The van der Waals surface area contributed by atoms with Crippen LogP contribution in [0.1, 0.15) is 18.4 Å². The first-order valence-electron chi connectivity index (χ1n) is 5.52. The van der Waals surface area contributed by atoms with E-state index in [4.69, 9.17) is 0 Å². The number of imide groups is 1. The first-order valence-corrected chi connectivity index (χ1v) is 5.52. The smallest absolute Gasteiger partial charge is 0.259 e. The molecule has 1 aliphatic rings. The summed E-state index contributed by atoms with van der Waals surface area (Å²) in [7, 11) is 0. The Morgan fingerprint density at radius 1 is 1.24 bits per heavy atom. The van der Waals surface area contributed by atoms with Gasteiger partial charge in [0.15, 0.2) is 0 Å². The van der Waals surface area contributed by atoms with E-state index >= 15 is 0 Å². The molecule has 1 atom stereocenters. The number of rotatable bonds is 3. The topological polar surface area (TPSA) is 65.3 Å². The summed E-state index contributed by atoms with van der Waals surface area (Å²) in [5.41, 5.74) is 0.877. The van der Waals surface area contributed by atoms with Crippen LogP contribution in [0.25, 0.3) is 0 Å². The van der Waals surface area contributed by atoms with Crippen molar-refractivity contribution in [2.75, 3.05) is 0 Å². The Kier molecular flexibility index (Phi) is 3.32. The minimum absolute atomic E-state index is 0.155.